The van der Waals surface area contributed by atoms with E-state index in [0.29, 0.717) is 29.1 Å². The molecule has 0 aromatic heterocycles. The van der Waals surface area contributed by atoms with E-state index in [4.69, 9.17) is 9.84 Å². The molecule has 1 unspecified atom stereocenters. The molecule has 34 heavy (non-hydrogen) atoms. The largest absolute Gasteiger partial charge is 0.494 e. The Bertz CT molecular complexity index is 1040. The normalized spacial score (nSPS) is 17.4. The highest BCUT2D eigenvalue weighted by Gasteiger charge is 2.23. The van der Waals surface area contributed by atoms with Gasteiger partial charge in [0.2, 0.25) is 0 Å². The molecule has 7 heteroatoms. The Morgan fingerprint density at radius 3 is 2.50 bits per heavy atom. The minimum absolute atomic E-state index is 0.105. The van der Waals surface area contributed by atoms with Gasteiger partial charge in [-0.25, -0.2) is 0 Å². The van der Waals surface area contributed by atoms with Gasteiger partial charge in [0.05, 0.1) is 13.2 Å². The van der Waals surface area contributed by atoms with Crippen LogP contribution in [-0.2, 0) is 4.79 Å². The first-order valence-electron chi connectivity index (χ1n) is 11.7. The molecular formula is C27H30N2O4S. The fraction of sp³-hybridized carbons (Fsp3) is 0.333. The predicted octanol–water partition coefficient (Wildman–Crippen LogP) is 4.23. The second-order valence-corrected chi connectivity index (χ2v) is 9.67. The van der Waals surface area contributed by atoms with Crippen LogP contribution in [0.15, 0.2) is 65.7 Å². The molecule has 2 amide bonds. The van der Waals surface area contributed by atoms with E-state index in [1.54, 1.807) is 30.3 Å². The molecule has 0 bridgehead atoms. The molecule has 2 aromatic carbocycles. The number of thioether (sulfide) groups is 1. The first-order valence-corrected chi connectivity index (χ1v) is 12.6. The summed E-state index contributed by atoms with van der Waals surface area (Å²) in [7, 11) is 0. The topological polar surface area (TPSA) is 87.7 Å². The van der Waals surface area contributed by atoms with E-state index in [1.807, 2.05) is 23.9 Å². The first-order chi connectivity index (χ1) is 16.6. The maximum absolute atomic E-state index is 12.8. The number of allylic oxidation sites excluding steroid dienone is 1. The standard InChI is InChI=1S/C27H30N2O4S/c30-15-14-28-27(32)25(18-19-3-5-20(6-4-19)21-7-8-21)29-26(31)22-9-11-23(12-10-22)33-16-13-24-2-1-17-34-24/h1,3-6,9-12,17-18,21,24,30H,2,7-8,13-16H2,(H,28,32)(H,29,31)/b25-18-. The van der Waals surface area contributed by atoms with Crippen molar-refractivity contribution in [3.05, 3.63) is 82.4 Å². The minimum atomic E-state index is -0.451. The lowest BCUT2D eigenvalue weighted by Crippen LogP contribution is -2.36. The SMILES string of the molecule is O=C(NCCO)/C(=C/c1ccc(C2CC2)cc1)NC(=O)c1ccc(OCCC2CC=CS2)cc1. The van der Waals surface area contributed by atoms with Gasteiger partial charge < -0.3 is 20.5 Å². The lowest BCUT2D eigenvalue weighted by atomic mass is 10.1. The van der Waals surface area contributed by atoms with Crippen molar-refractivity contribution in [2.24, 2.45) is 0 Å². The van der Waals surface area contributed by atoms with Crippen molar-refractivity contribution >= 4 is 29.7 Å². The van der Waals surface area contributed by atoms with E-state index in [-0.39, 0.29) is 24.8 Å². The third-order valence-electron chi connectivity index (χ3n) is 5.78. The highest BCUT2D eigenvalue weighted by atomic mass is 32.2. The maximum Gasteiger partial charge on any atom is 0.267 e. The molecule has 1 aliphatic heterocycles. The third kappa shape index (κ3) is 6.98. The Morgan fingerprint density at radius 2 is 1.85 bits per heavy atom. The van der Waals surface area contributed by atoms with E-state index in [0.717, 1.165) is 18.4 Å². The molecule has 1 fully saturated rings. The van der Waals surface area contributed by atoms with Crippen LogP contribution in [0.2, 0.25) is 0 Å². The van der Waals surface area contributed by atoms with E-state index >= 15 is 0 Å². The van der Waals surface area contributed by atoms with Gasteiger partial charge in [0.25, 0.3) is 11.8 Å². The zero-order valence-electron chi connectivity index (χ0n) is 19.0. The molecule has 4 rings (SSSR count). The number of carbonyl (C=O) groups is 2. The van der Waals surface area contributed by atoms with Crippen molar-refractivity contribution < 1.29 is 19.4 Å². The van der Waals surface area contributed by atoms with Crippen molar-refractivity contribution in [1.29, 1.82) is 0 Å². The quantitative estimate of drug-likeness (QED) is 0.421. The zero-order valence-corrected chi connectivity index (χ0v) is 19.9. The number of aliphatic hydroxyl groups is 1. The number of amides is 2. The van der Waals surface area contributed by atoms with Crippen LogP contribution in [0.3, 0.4) is 0 Å². The van der Waals surface area contributed by atoms with Gasteiger partial charge in [-0.05, 0) is 78.5 Å². The van der Waals surface area contributed by atoms with Gasteiger partial charge in [0.1, 0.15) is 11.4 Å². The van der Waals surface area contributed by atoms with Crippen LogP contribution in [0, 0.1) is 0 Å². The Labute approximate surface area is 204 Å². The van der Waals surface area contributed by atoms with Gasteiger partial charge in [-0.2, -0.15) is 0 Å². The van der Waals surface area contributed by atoms with Crippen molar-refractivity contribution in [1.82, 2.24) is 10.6 Å². The van der Waals surface area contributed by atoms with E-state index in [1.165, 1.54) is 18.4 Å². The molecular weight excluding hydrogens is 448 g/mol. The van der Waals surface area contributed by atoms with Gasteiger partial charge >= 0.3 is 0 Å². The molecule has 2 aromatic rings. The molecule has 2 aliphatic rings. The Kier molecular flexibility index (Phi) is 8.44. The van der Waals surface area contributed by atoms with Crippen LogP contribution in [-0.4, -0.2) is 41.9 Å². The summed E-state index contributed by atoms with van der Waals surface area (Å²) < 4.78 is 5.80. The van der Waals surface area contributed by atoms with Gasteiger partial charge in [-0.3, -0.25) is 9.59 Å². The van der Waals surface area contributed by atoms with E-state index < -0.39 is 5.91 Å². The van der Waals surface area contributed by atoms with Crippen molar-refractivity contribution in [2.75, 3.05) is 19.8 Å². The van der Waals surface area contributed by atoms with Crippen LogP contribution in [0.4, 0.5) is 0 Å². The molecule has 1 saturated carbocycles. The van der Waals surface area contributed by atoms with Gasteiger partial charge in [-0.15, -0.1) is 11.8 Å². The summed E-state index contributed by atoms with van der Waals surface area (Å²) in [6.07, 6.45) is 8.33. The minimum Gasteiger partial charge on any atom is -0.494 e. The van der Waals surface area contributed by atoms with Crippen molar-refractivity contribution in [3.8, 4) is 5.75 Å². The molecule has 1 heterocycles. The van der Waals surface area contributed by atoms with Crippen molar-refractivity contribution in [2.45, 2.75) is 36.9 Å². The Hall–Kier alpha value is -3.03. The first kappa shape index (κ1) is 24.1. The van der Waals surface area contributed by atoms with Gasteiger partial charge in [0.15, 0.2) is 0 Å². The summed E-state index contributed by atoms with van der Waals surface area (Å²) in [5.74, 6) is 0.517. The number of rotatable bonds is 11. The summed E-state index contributed by atoms with van der Waals surface area (Å²) in [6.45, 7) is 0.553. The average molecular weight is 479 g/mol. The Balaban J connectivity index is 1.38. The average Bonchev–Trinajstić information content (AvgIpc) is 3.58. The molecule has 0 saturated heterocycles. The molecule has 1 aliphatic carbocycles. The number of aliphatic hydroxyl groups excluding tert-OH is 1. The van der Waals surface area contributed by atoms with E-state index in [9.17, 15) is 9.59 Å². The number of benzene rings is 2. The summed E-state index contributed by atoms with van der Waals surface area (Å²) in [5, 5.41) is 17.1. The van der Waals surface area contributed by atoms with E-state index in [2.05, 4.69) is 34.3 Å². The number of carbonyl (C=O) groups excluding carboxylic acids is 2. The monoisotopic (exact) mass is 478 g/mol. The maximum atomic E-state index is 12.8. The second-order valence-electron chi connectivity index (χ2n) is 8.46. The third-order valence-corrected chi connectivity index (χ3v) is 6.94. The van der Waals surface area contributed by atoms with Crippen LogP contribution in [0.5, 0.6) is 5.75 Å². The Morgan fingerprint density at radius 1 is 1.09 bits per heavy atom. The fourth-order valence-electron chi connectivity index (χ4n) is 3.69. The zero-order chi connectivity index (χ0) is 23.8. The highest BCUT2D eigenvalue weighted by molar-refractivity contribution is 8.03. The van der Waals surface area contributed by atoms with Crippen LogP contribution < -0.4 is 15.4 Å². The molecule has 3 N–H and O–H groups in total. The number of ether oxygens (including phenoxy) is 1. The molecule has 1 atom stereocenters. The molecule has 0 spiro atoms. The molecule has 6 nitrogen and oxygen atoms in total. The summed E-state index contributed by atoms with van der Waals surface area (Å²) in [6, 6.07) is 14.9. The lowest BCUT2D eigenvalue weighted by Gasteiger charge is -2.12. The summed E-state index contributed by atoms with van der Waals surface area (Å²) in [4.78, 5) is 25.5. The highest BCUT2D eigenvalue weighted by Crippen LogP contribution is 2.40. The smallest absolute Gasteiger partial charge is 0.267 e. The fourth-order valence-corrected chi connectivity index (χ4v) is 4.59. The molecule has 0 radical (unpaired) electrons. The number of hydrogen-bond acceptors (Lipinski definition) is 5. The van der Waals surface area contributed by atoms with Crippen LogP contribution in [0.25, 0.3) is 6.08 Å². The van der Waals surface area contributed by atoms with Crippen molar-refractivity contribution in [3.63, 3.8) is 0 Å². The lowest BCUT2D eigenvalue weighted by molar-refractivity contribution is -0.117. The number of hydrogen-bond donors (Lipinski definition) is 3. The van der Waals surface area contributed by atoms with Crippen LogP contribution in [0.1, 0.15) is 53.1 Å². The summed E-state index contributed by atoms with van der Waals surface area (Å²) >= 11 is 1.84. The number of nitrogens with one attached hydrogen (secondary N) is 2. The second kappa shape index (κ2) is 11.9. The van der Waals surface area contributed by atoms with Gasteiger partial charge in [0, 0.05) is 17.4 Å². The predicted molar refractivity (Wildman–Crippen MR) is 136 cm³/mol. The molecule has 178 valence electrons. The van der Waals surface area contributed by atoms with Gasteiger partial charge in [-0.1, -0.05) is 30.3 Å². The van der Waals surface area contributed by atoms with Crippen LogP contribution >= 0.6 is 11.8 Å². The summed E-state index contributed by atoms with van der Waals surface area (Å²) in [5.41, 5.74) is 2.67.